The van der Waals surface area contributed by atoms with Crippen LogP contribution in [0.4, 0.5) is 14.5 Å². The molecule has 98 valence electrons. The highest BCUT2D eigenvalue weighted by atomic mass is 35.5. The summed E-state index contributed by atoms with van der Waals surface area (Å²) in [6, 6.07) is 4.00. The van der Waals surface area contributed by atoms with E-state index in [1.54, 1.807) is 0 Å². The number of hydrogen-bond donors (Lipinski definition) is 1. The molecule has 1 heterocycles. The Hall–Kier alpha value is -1.72. The van der Waals surface area contributed by atoms with Gasteiger partial charge in [-0.25, -0.2) is 13.8 Å². The molecule has 0 unspecified atom stereocenters. The molecule has 0 saturated heterocycles. The molecule has 0 aliphatic carbocycles. The highest BCUT2D eigenvalue weighted by Gasteiger charge is 2.10. The average molecular weight is 303 g/mol. The van der Waals surface area contributed by atoms with Crippen molar-refractivity contribution in [2.45, 2.75) is 0 Å². The molecule has 0 fully saturated rings. The SMILES string of the molecule is O=C(Nc1cc(F)cc(F)c1)c1cnc(Cl)c(Cl)c1. The number of carbonyl (C=O) groups is 1. The van der Waals surface area contributed by atoms with Crippen LogP contribution in [0.5, 0.6) is 0 Å². The second-order valence-electron chi connectivity index (χ2n) is 3.61. The maximum atomic E-state index is 13.0. The molecule has 2 aromatic rings. The van der Waals surface area contributed by atoms with E-state index in [1.807, 2.05) is 0 Å². The standard InChI is InChI=1S/C12H6Cl2F2N2O/c13-10-1-6(5-17-11(10)14)12(19)18-9-3-7(15)2-8(16)4-9/h1-5H,(H,18,19). The van der Waals surface area contributed by atoms with Gasteiger partial charge in [0.05, 0.1) is 10.6 Å². The average Bonchev–Trinajstić information content (AvgIpc) is 2.31. The number of nitrogens with one attached hydrogen (secondary N) is 1. The van der Waals surface area contributed by atoms with Crippen molar-refractivity contribution in [3.63, 3.8) is 0 Å². The van der Waals surface area contributed by atoms with Crippen molar-refractivity contribution < 1.29 is 13.6 Å². The van der Waals surface area contributed by atoms with Gasteiger partial charge in [0, 0.05) is 18.0 Å². The van der Waals surface area contributed by atoms with E-state index in [4.69, 9.17) is 23.2 Å². The molecule has 1 amide bonds. The number of benzene rings is 1. The number of anilines is 1. The molecular formula is C12H6Cl2F2N2O. The molecular weight excluding hydrogens is 297 g/mol. The van der Waals surface area contributed by atoms with E-state index in [-0.39, 0.29) is 21.4 Å². The Labute approximate surface area is 117 Å². The molecule has 19 heavy (non-hydrogen) atoms. The fraction of sp³-hybridized carbons (Fsp3) is 0. The van der Waals surface area contributed by atoms with Crippen LogP contribution in [0, 0.1) is 11.6 Å². The summed E-state index contributed by atoms with van der Waals surface area (Å²) in [5.74, 6) is -2.18. The number of rotatable bonds is 2. The first-order valence-electron chi connectivity index (χ1n) is 5.04. The van der Waals surface area contributed by atoms with E-state index in [0.717, 1.165) is 12.1 Å². The van der Waals surface area contributed by atoms with Crippen LogP contribution < -0.4 is 5.32 Å². The Morgan fingerprint density at radius 1 is 1.11 bits per heavy atom. The van der Waals surface area contributed by atoms with Crippen molar-refractivity contribution >= 4 is 34.8 Å². The number of hydrogen-bond acceptors (Lipinski definition) is 2. The third kappa shape index (κ3) is 3.39. The first-order chi connectivity index (χ1) is 8.95. The van der Waals surface area contributed by atoms with E-state index in [1.165, 1.54) is 12.3 Å². The molecule has 0 saturated carbocycles. The summed E-state index contributed by atoms with van der Waals surface area (Å²) in [6.45, 7) is 0. The van der Waals surface area contributed by atoms with E-state index < -0.39 is 17.5 Å². The van der Waals surface area contributed by atoms with Gasteiger partial charge >= 0.3 is 0 Å². The molecule has 0 atom stereocenters. The highest BCUT2D eigenvalue weighted by molar-refractivity contribution is 6.41. The van der Waals surface area contributed by atoms with Crippen LogP contribution in [0.15, 0.2) is 30.5 Å². The third-order valence-electron chi connectivity index (χ3n) is 2.18. The second kappa shape index (κ2) is 5.50. The fourth-order valence-electron chi connectivity index (χ4n) is 1.37. The van der Waals surface area contributed by atoms with Gasteiger partial charge in [-0.1, -0.05) is 23.2 Å². The number of amides is 1. The minimum absolute atomic E-state index is 0.00595. The van der Waals surface area contributed by atoms with Crippen LogP contribution in [0.1, 0.15) is 10.4 Å². The van der Waals surface area contributed by atoms with Crippen molar-refractivity contribution in [1.82, 2.24) is 4.98 Å². The largest absolute Gasteiger partial charge is 0.322 e. The molecule has 1 N–H and O–H groups in total. The summed E-state index contributed by atoms with van der Waals surface area (Å²) in [5.41, 5.74) is 0.118. The molecule has 1 aromatic carbocycles. The van der Waals surface area contributed by atoms with Crippen LogP contribution >= 0.6 is 23.2 Å². The van der Waals surface area contributed by atoms with Gasteiger partial charge in [-0.15, -0.1) is 0 Å². The summed E-state index contributed by atoms with van der Waals surface area (Å²) in [7, 11) is 0. The highest BCUT2D eigenvalue weighted by Crippen LogP contribution is 2.20. The van der Waals surface area contributed by atoms with Gasteiger partial charge in [-0.3, -0.25) is 4.79 Å². The molecule has 0 bridgehead atoms. The zero-order valence-corrected chi connectivity index (χ0v) is 10.8. The molecule has 0 radical (unpaired) electrons. The van der Waals surface area contributed by atoms with Crippen LogP contribution in [0.3, 0.4) is 0 Å². The lowest BCUT2D eigenvalue weighted by molar-refractivity contribution is 0.102. The van der Waals surface area contributed by atoms with Gasteiger partial charge in [0.1, 0.15) is 16.8 Å². The first kappa shape index (κ1) is 13.7. The Kier molecular flexibility index (Phi) is 3.97. The van der Waals surface area contributed by atoms with Gasteiger partial charge in [0.25, 0.3) is 5.91 Å². The van der Waals surface area contributed by atoms with E-state index in [9.17, 15) is 13.6 Å². The Morgan fingerprint density at radius 2 is 1.74 bits per heavy atom. The Bertz CT molecular complexity index is 629. The lowest BCUT2D eigenvalue weighted by Gasteiger charge is -2.06. The fourth-order valence-corrected chi connectivity index (χ4v) is 1.64. The number of carbonyl (C=O) groups excluding carboxylic acids is 1. The Balaban J connectivity index is 2.22. The topological polar surface area (TPSA) is 42.0 Å². The maximum Gasteiger partial charge on any atom is 0.257 e. The van der Waals surface area contributed by atoms with Crippen molar-refractivity contribution in [2.75, 3.05) is 5.32 Å². The zero-order chi connectivity index (χ0) is 14.0. The molecule has 0 spiro atoms. The van der Waals surface area contributed by atoms with Gasteiger partial charge in [0.15, 0.2) is 0 Å². The zero-order valence-electron chi connectivity index (χ0n) is 9.25. The predicted molar refractivity (Wildman–Crippen MR) is 68.6 cm³/mol. The van der Waals surface area contributed by atoms with Crippen LogP contribution in [-0.2, 0) is 0 Å². The molecule has 1 aromatic heterocycles. The summed E-state index contributed by atoms with van der Waals surface area (Å²) >= 11 is 11.3. The second-order valence-corrected chi connectivity index (χ2v) is 4.37. The third-order valence-corrected chi connectivity index (χ3v) is 2.86. The lowest BCUT2D eigenvalue weighted by atomic mass is 10.2. The van der Waals surface area contributed by atoms with Crippen molar-refractivity contribution in [1.29, 1.82) is 0 Å². The number of pyridine rings is 1. The maximum absolute atomic E-state index is 13.0. The Morgan fingerprint density at radius 3 is 2.32 bits per heavy atom. The van der Waals surface area contributed by atoms with Crippen LogP contribution in [0.25, 0.3) is 0 Å². The van der Waals surface area contributed by atoms with Crippen molar-refractivity contribution in [2.24, 2.45) is 0 Å². The molecule has 0 aliphatic heterocycles. The van der Waals surface area contributed by atoms with Crippen molar-refractivity contribution in [3.8, 4) is 0 Å². The van der Waals surface area contributed by atoms with E-state index in [0.29, 0.717) is 6.07 Å². The normalized spacial score (nSPS) is 10.3. The number of halogens is 4. The molecule has 7 heteroatoms. The van der Waals surface area contributed by atoms with Gasteiger partial charge < -0.3 is 5.32 Å². The monoisotopic (exact) mass is 302 g/mol. The smallest absolute Gasteiger partial charge is 0.257 e. The minimum atomic E-state index is -0.789. The lowest BCUT2D eigenvalue weighted by Crippen LogP contribution is -2.12. The van der Waals surface area contributed by atoms with Gasteiger partial charge in [-0.2, -0.15) is 0 Å². The van der Waals surface area contributed by atoms with Crippen molar-refractivity contribution in [3.05, 3.63) is 57.8 Å². The van der Waals surface area contributed by atoms with Crippen LogP contribution in [0.2, 0.25) is 10.2 Å². The summed E-state index contributed by atoms with van der Waals surface area (Å²) in [4.78, 5) is 15.5. The predicted octanol–water partition coefficient (Wildman–Crippen LogP) is 3.92. The summed E-state index contributed by atoms with van der Waals surface area (Å²) < 4.78 is 25.9. The molecule has 0 aliphatic rings. The van der Waals surface area contributed by atoms with Gasteiger partial charge in [0.2, 0.25) is 0 Å². The quantitative estimate of drug-likeness (QED) is 0.854. The van der Waals surface area contributed by atoms with E-state index >= 15 is 0 Å². The molecule has 3 nitrogen and oxygen atoms in total. The number of nitrogens with zero attached hydrogens (tertiary/aromatic N) is 1. The molecule has 2 rings (SSSR count). The summed E-state index contributed by atoms with van der Waals surface area (Å²) in [6.07, 6.45) is 1.21. The van der Waals surface area contributed by atoms with Gasteiger partial charge in [-0.05, 0) is 18.2 Å². The summed E-state index contributed by atoms with van der Waals surface area (Å²) in [5, 5.41) is 2.50. The van der Waals surface area contributed by atoms with Crippen LogP contribution in [-0.4, -0.2) is 10.9 Å². The first-order valence-corrected chi connectivity index (χ1v) is 5.80. The van der Waals surface area contributed by atoms with E-state index in [2.05, 4.69) is 10.3 Å². The number of aromatic nitrogens is 1. The minimum Gasteiger partial charge on any atom is -0.322 e.